The van der Waals surface area contributed by atoms with Gasteiger partial charge in [-0.25, -0.2) is 17.9 Å². The van der Waals surface area contributed by atoms with Crippen molar-refractivity contribution in [2.24, 2.45) is 0 Å². The number of carbonyl (C=O) groups excluding carboxylic acids is 2. The van der Waals surface area contributed by atoms with Gasteiger partial charge in [0.2, 0.25) is 15.9 Å². The van der Waals surface area contributed by atoms with Gasteiger partial charge in [0.15, 0.2) is 0 Å². The van der Waals surface area contributed by atoms with E-state index in [0.29, 0.717) is 32.8 Å². The topological polar surface area (TPSA) is 96.0 Å². The highest BCUT2D eigenvalue weighted by atomic mass is 32.2. The minimum Gasteiger partial charge on any atom is -0.450 e. The van der Waals surface area contributed by atoms with E-state index >= 15 is 0 Å². The Morgan fingerprint density at radius 1 is 1.08 bits per heavy atom. The fourth-order valence-electron chi connectivity index (χ4n) is 2.42. The molecule has 138 valence electrons. The van der Waals surface area contributed by atoms with Crippen LogP contribution in [-0.2, 0) is 19.6 Å². The van der Waals surface area contributed by atoms with Crippen molar-refractivity contribution < 1.29 is 22.7 Å². The van der Waals surface area contributed by atoms with Crippen LogP contribution in [0.25, 0.3) is 0 Å². The number of piperazine rings is 1. The summed E-state index contributed by atoms with van der Waals surface area (Å²) in [6.07, 6.45) is -0.394. The minimum absolute atomic E-state index is 0.123. The molecule has 1 aromatic carbocycles. The molecule has 1 N–H and O–H groups in total. The first kappa shape index (κ1) is 19.2. The van der Waals surface area contributed by atoms with Gasteiger partial charge in [0.25, 0.3) is 0 Å². The number of rotatable bonds is 5. The zero-order valence-corrected chi connectivity index (χ0v) is 15.2. The van der Waals surface area contributed by atoms with Gasteiger partial charge in [0.1, 0.15) is 0 Å². The second-order valence-corrected chi connectivity index (χ2v) is 7.47. The molecule has 2 rings (SSSR count). The van der Waals surface area contributed by atoms with Gasteiger partial charge in [-0.1, -0.05) is 17.7 Å². The smallest absolute Gasteiger partial charge is 0.409 e. The monoisotopic (exact) mass is 369 g/mol. The quantitative estimate of drug-likeness (QED) is 0.819. The molecule has 0 bridgehead atoms. The van der Waals surface area contributed by atoms with Crippen molar-refractivity contribution in [3.05, 3.63) is 29.8 Å². The lowest BCUT2D eigenvalue weighted by atomic mass is 10.2. The Morgan fingerprint density at radius 3 is 2.20 bits per heavy atom. The maximum Gasteiger partial charge on any atom is 0.409 e. The van der Waals surface area contributed by atoms with Crippen LogP contribution in [-0.4, -0.2) is 69.5 Å². The van der Waals surface area contributed by atoms with E-state index in [-0.39, 0.29) is 17.3 Å². The number of benzene rings is 1. The third kappa shape index (κ3) is 5.17. The molecule has 0 saturated carbocycles. The fourth-order valence-corrected chi connectivity index (χ4v) is 3.40. The largest absolute Gasteiger partial charge is 0.450 e. The molecule has 0 aromatic heterocycles. The first-order valence-electron chi connectivity index (χ1n) is 8.09. The molecule has 0 unspecified atom stereocenters. The third-order valence-electron chi connectivity index (χ3n) is 3.90. The Labute approximate surface area is 147 Å². The lowest BCUT2D eigenvalue weighted by Crippen LogP contribution is -2.52. The number of hydrogen-bond acceptors (Lipinski definition) is 5. The number of sulfonamides is 1. The first-order valence-corrected chi connectivity index (χ1v) is 9.57. The Bertz CT molecular complexity index is 710. The highest BCUT2D eigenvalue weighted by molar-refractivity contribution is 7.89. The van der Waals surface area contributed by atoms with Gasteiger partial charge in [-0.05, 0) is 26.0 Å². The molecule has 9 heteroatoms. The van der Waals surface area contributed by atoms with E-state index in [2.05, 4.69) is 4.72 Å². The van der Waals surface area contributed by atoms with Crippen LogP contribution in [0.15, 0.2) is 29.2 Å². The molecule has 1 heterocycles. The van der Waals surface area contributed by atoms with Gasteiger partial charge in [-0.15, -0.1) is 0 Å². The van der Waals surface area contributed by atoms with Crippen molar-refractivity contribution in [3.8, 4) is 0 Å². The SMILES string of the molecule is CCOC(=O)N1CCN(C(=O)CNS(=O)(=O)c2ccc(C)cc2)CC1. The maximum absolute atomic E-state index is 12.2. The number of carbonyl (C=O) groups is 2. The van der Waals surface area contributed by atoms with E-state index < -0.39 is 16.1 Å². The standard InChI is InChI=1S/C16H23N3O5S/c1-3-24-16(21)19-10-8-18(9-11-19)15(20)12-17-25(22,23)14-6-4-13(2)5-7-14/h4-7,17H,3,8-12H2,1-2H3. The summed E-state index contributed by atoms with van der Waals surface area (Å²) in [7, 11) is -3.72. The summed E-state index contributed by atoms with van der Waals surface area (Å²) in [5.74, 6) is -0.320. The second-order valence-electron chi connectivity index (χ2n) is 5.70. The van der Waals surface area contributed by atoms with Crippen molar-refractivity contribution in [3.63, 3.8) is 0 Å². The number of nitrogens with one attached hydrogen (secondary N) is 1. The van der Waals surface area contributed by atoms with E-state index in [1.165, 1.54) is 21.9 Å². The molecular weight excluding hydrogens is 346 g/mol. The lowest BCUT2D eigenvalue weighted by molar-refractivity contribution is -0.131. The van der Waals surface area contributed by atoms with Crippen molar-refractivity contribution in [1.82, 2.24) is 14.5 Å². The van der Waals surface area contributed by atoms with Crippen molar-refractivity contribution >= 4 is 22.0 Å². The molecule has 25 heavy (non-hydrogen) atoms. The fraction of sp³-hybridized carbons (Fsp3) is 0.500. The predicted molar refractivity (Wildman–Crippen MR) is 91.5 cm³/mol. The number of hydrogen-bond donors (Lipinski definition) is 1. The average Bonchev–Trinajstić information content (AvgIpc) is 2.60. The summed E-state index contributed by atoms with van der Waals surface area (Å²) < 4.78 is 31.6. The maximum atomic E-state index is 12.2. The van der Waals surface area contributed by atoms with Crippen LogP contribution < -0.4 is 4.72 Å². The van der Waals surface area contributed by atoms with Gasteiger partial charge >= 0.3 is 6.09 Å². The number of aryl methyl sites for hydroxylation is 1. The normalized spacial score (nSPS) is 15.1. The lowest BCUT2D eigenvalue weighted by Gasteiger charge is -2.34. The number of amides is 2. The molecular formula is C16H23N3O5S. The van der Waals surface area contributed by atoms with Crippen LogP contribution in [0.1, 0.15) is 12.5 Å². The zero-order valence-electron chi connectivity index (χ0n) is 14.4. The molecule has 8 nitrogen and oxygen atoms in total. The van der Waals surface area contributed by atoms with Crippen molar-refractivity contribution in [2.45, 2.75) is 18.7 Å². The molecule has 1 saturated heterocycles. The van der Waals surface area contributed by atoms with E-state index in [4.69, 9.17) is 4.74 Å². The molecule has 0 radical (unpaired) electrons. The molecule has 0 spiro atoms. The van der Waals surface area contributed by atoms with Crippen molar-refractivity contribution in [2.75, 3.05) is 39.3 Å². The Morgan fingerprint density at radius 2 is 1.64 bits per heavy atom. The van der Waals surface area contributed by atoms with Gasteiger partial charge in [-0.2, -0.15) is 0 Å². The summed E-state index contributed by atoms with van der Waals surface area (Å²) in [6, 6.07) is 6.40. The Kier molecular flexibility index (Phi) is 6.38. The summed E-state index contributed by atoms with van der Waals surface area (Å²) in [5.41, 5.74) is 0.953. The highest BCUT2D eigenvalue weighted by Crippen LogP contribution is 2.10. The molecule has 1 aliphatic rings. The summed E-state index contributed by atoms with van der Waals surface area (Å²) in [4.78, 5) is 27.0. The van der Waals surface area contributed by atoms with Crippen LogP contribution in [0.3, 0.4) is 0 Å². The molecule has 0 atom stereocenters. The highest BCUT2D eigenvalue weighted by Gasteiger charge is 2.25. The van der Waals surface area contributed by atoms with E-state index in [0.717, 1.165) is 5.56 Å². The predicted octanol–water partition coefficient (Wildman–Crippen LogP) is 0.574. The number of nitrogens with zero attached hydrogens (tertiary/aromatic N) is 2. The summed E-state index contributed by atoms with van der Waals surface area (Å²) >= 11 is 0. The van der Waals surface area contributed by atoms with Gasteiger partial charge in [0, 0.05) is 26.2 Å². The van der Waals surface area contributed by atoms with Crippen LogP contribution >= 0.6 is 0 Å². The zero-order chi connectivity index (χ0) is 18.4. The van der Waals surface area contributed by atoms with Crippen molar-refractivity contribution in [1.29, 1.82) is 0 Å². The van der Waals surface area contributed by atoms with Crippen LogP contribution in [0.4, 0.5) is 4.79 Å². The summed E-state index contributed by atoms with van der Waals surface area (Å²) in [6.45, 7) is 5.04. The summed E-state index contributed by atoms with van der Waals surface area (Å²) in [5, 5.41) is 0. The Hall–Kier alpha value is -2.13. The van der Waals surface area contributed by atoms with Gasteiger partial charge in [0.05, 0.1) is 18.0 Å². The van der Waals surface area contributed by atoms with E-state index in [9.17, 15) is 18.0 Å². The van der Waals surface area contributed by atoms with Crippen LogP contribution in [0.2, 0.25) is 0 Å². The second kappa shape index (κ2) is 8.30. The Balaban J connectivity index is 1.85. The van der Waals surface area contributed by atoms with E-state index in [1.54, 1.807) is 19.1 Å². The third-order valence-corrected chi connectivity index (χ3v) is 5.32. The first-order chi connectivity index (χ1) is 11.8. The average molecular weight is 369 g/mol. The minimum atomic E-state index is -3.72. The molecule has 1 aliphatic heterocycles. The molecule has 1 fully saturated rings. The molecule has 1 aromatic rings. The molecule has 2 amide bonds. The van der Waals surface area contributed by atoms with Crippen LogP contribution in [0, 0.1) is 6.92 Å². The van der Waals surface area contributed by atoms with Gasteiger partial charge in [-0.3, -0.25) is 4.79 Å². The van der Waals surface area contributed by atoms with Crippen LogP contribution in [0.5, 0.6) is 0 Å². The van der Waals surface area contributed by atoms with E-state index in [1.807, 2.05) is 6.92 Å². The molecule has 0 aliphatic carbocycles. The van der Waals surface area contributed by atoms with Gasteiger partial charge < -0.3 is 14.5 Å². The number of ether oxygens (including phenoxy) is 1.